The van der Waals surface area contributed by atoms with Crippen molar-refractivity contribution < 1.29 is 19.1 Å². The van der Waals surface area contributed by atoms with Gasteiger partial charge >= 0.3 is 0 Å². The zero-order chi connectivity index (χ0) is 19.5. The molecule has 0 unspecified atom stereocenters. The van der Waals surface area contributed by atoms with Crippen LogP contribution in [0.25, 0.3) is 0 Å². The summed E-state index contributed by atoms with van der Waals surface area (Å²) in [5, 5.41) is 16.5. The number of rotatable bonds is 7. The van der Waals surface area contributed by atoms with Crippen LogP contribution in [0, 0.1) is 0 Å². The SMILES string of the molecule is CC(C)(Oc1ccc(Cl)cc1)C(=O)NC[C@](O)(c1ccoc1)c1cccs1. The number of benzene rings is 1. The third-order valence-electron chi connectivity index (χ3n) is 4.17. The molecule has 0 bridgehead atoms. The number of carbonyl (C=O) groups excluding carboxylic acids is 1. The second kappa shape index (κ2) is 7.76. The largest absolute Gasteiger partial charge is 0.478 e. The lowest BCUT2D eigenvalue weighted by atomic mass is 9.94. The molecule has 27 heavy (non-hydrogen) atoms. The van der Waals surface area contributed by atoms with Crippen molar-refractivity contribution in [2.24, 2.45) is 0 Å². The number of thiophene rings is 1. The number of halogens is 1. The number of furan rings is 1. The molecule has 0 fully saturated rings. The smallest absolute Gasteiger partial charge is 0.263 e. The summed E-state index contributed by atoms with van der Waals surface area (Å²) in [5.41, 5.74) is -1.95. The summed E-state index contributed by atoms with van der Waals surface area (Å²) in [6.07, 6.45) is 2.96. The van der Waals surface area contributed by atoms with Gasteiger partial charge < -0.3 is 19.6 Å². The molecule has 0 aliphatic carbocycles. The first-order valence-electron chi connectivity index (χ1n) is 8.33. The van der Waals surface area contributed by atoms with Crippen LogP contribution in [0.5, 0.6) is 5.75 Å². The minimum Gasteiger partial charge on any atom is -0.478 e. The van der Waals surface area contributed by atoms with E-state index in [0.717, 1.165) is 0 Å². The molecule has 1 aromatic carbocycles. The molecule has 2 N–H and O–H groups in total. The second-order valence-corrected chi connectivity index (χ2v) is 7.98. The lowest BCUT2D eigenvalue weighted by Crippen LogP contribution is -2.50. The number of carbonyl (C=O) groups is 1. The highest BCUT2D eigenvalue weighted by Crippen LogP contribution is 2.33. The van der Waals surface area contributed by atoms with Gasteiger partial charge in [-0.15, -0.1) is 11.3 Å². The van der Waals surface area contributed by atoms with Crippen molar-refractivity contribution in [3.8, 4) is 5.75 Å². The van der Waals surface area contributed by atoms with Crippen LogP contribution >= 0.6 is 22.9 Å². The fourth-order valence-corrected chi connectivity index (χ4v) is 3.58. The first-order chi connectivity index (χ1) is 12.8. The molecule has 7 heteroatoms. The highest BCUT2D eigenvalue weighted by atomic mass is 35.5. The van der Waals surface area contributed by atoms with Gasteiger partial charge in [-0.2, -0.15) is 0 Å². The van der Waals surface area contributed by atoms with E-state index in [2.05, 4.69) is 5.32 Å². The van der Waals surface area contributed by atoms with E-state index in [4.69, 9.17) is 20.8 Å². The molecule has 0 saturated carbocycles. The van der Waals surface area contributed by atoms with E-state index in [0.29, 0.717) is 21.2 Å². The predicted molar refractivity (Wildman–Crippen MR) is 105 cm³/mol. The predicted octanol–water partition coefficient (Wildman–Crippen LogP) is 4.20. The zero-order valence-electron chi connectivity index (χ0n) is 14.9. The van der Waals surface area contributed by atoms with Gasteiger partial charge in [-0.05, 0) is 55.6 Å². The van der Waals surface area contributed by atoms with Gasteiger partial charge in [0.2, 0.25) is 0 Å². The summed E-state index contributed by atoms with van der Waals surface area (Å²) in [7, 11) is 0. The monoisotopic (exact) mass is 405 g/mol. The average Bonchev–Trinajstić information content (AvgIpc) is 3.35. The fourth-order valence-electron chi connectivity index (χ4n) is 2.61. The Hall–Kier alpha value is -2.28. The van der Waals surface area contributed by atoms with Gasteiger partial charge in [-0.3, -0.25) is 4.79 Å². The highest BCUT2D eigenvalue weighted by Gasteiger charge is 2.37. The van der Waals surface area contributed by atoms with Gasteiger partial charge in [-0.1, -0.05) is 17.7 Å². The topological polar surface area (TPSA) is 71.7 Å². The van der Waals surface area contributed by atoms with E-state index < -0.39 is 11.2 Å². The highest BCUT2D eigenvalue weighted by molar-refractivity contribution is 7.10. The van der Waals surface area contributed by atoms with Crippen LogP contribution in [0.3, 0.4) is 0 Å². The van der Waals surface area contributed by atoms with E-state index in [1.165, 1.54) is 23.9 Å². The Kier molecular flexibility index (Phi) is 5.60. The summed E-state index contributed by atoms with van der Waals surface area (Å²) < 4.78 is 10.9. The van der Waals surface area contributed by atoms with E-state index in [-0.39, 0.29) is 12.5 Å². The molecule has 0 spiro atoms. The van der Waals surface area contributed by atoms with Crippen molar-refractivity contribution in [1.29, 1.82) is 0 Å². The molecule has 1 atom stereocenters. The number of nitrogens with one attached hydrogen (secondary N) is 1. The first-order valence-corrected chi connectivity index (χ1v) is 9.59. The molecule has 1 amide bonds. The summed E-state index contributed by atoms with van der Waals surface area (Å²) in [6, 6.07) is 12.1. The van der Waals surface area contributed by atoms with Gasteiger partial charge in [0.05, 0.1) is 19.1 Å². The Morgan fingerprint density at radius 3 is 2.59 bits per heavy atom. The number of hydrogen-bond acceptors (Lipinski definition) is 5. The quantitative estimate of drug-likeness (QED) is 0.617. The maximum absolute atomic E-state index is 12.7. The van der Waals surface area contributed by atoms with Crippen molar-refractivity contribution >= 4 is 28.8 Å². The minimum absolute atomic E-state index is 0.0146. The molecular weight excluding hydrogens is 386 g/mol. The number of aliphatic hydroxyl groups is 1. The lowest BCUT2D eigenvalue weighted by molar-refractivity contribution is -0.135. The second-order valence-electron chi connectivity index (χ2n) is 6.60. The normalized spacial score (nSPS) is 13.8. The van der Waals surface area contributed by atoms with Crippen molar-refractivity contribution in [2.45, 2.75) is 25.0 Å². The molecule has 2 aromatic heterocycles. The summed E-state index contributed by atoms with van der Waals surface area (Å²) in [4.78, 5) is 13.4. The minimum atomic E-state index is -1.38. The molecule has 2 heterocycles. The fraction of sp³-hybridized carbons (Fsp3) is 0.250. The van der Waals surface area contributed by atoms with Crippen LogP contribution in [0.4, 0.5) is 0 Å². The zero-order valence-corrected chi connectivity index (χ0v) is 16.5. The maximum Gasteiger partial charge on any atom is 0.263 e. The molecule has 0 aliphatic heterocycles. The first kappa shape index (κ1) is 19.5. The molecular formula is C20H20ClNO4S. The Balaban J connectivity index is 1.73. The van der Waals surface area contributed by atoms with E-state index in [1.807, 2.05) is 17.5 Å². The summed E-state index contributed by atoms with van der Waals surface area (Å²) in [5.74, 6) is 0.179. The third-order valence-corrected chi connectivity index (χ3v) is 5.44. The summed E-state index contributed by atoms with van der Waals surface area (Å²) >= 11 is 7.28. The Morgan fingerprint density at radius 2 is 2.00 bits per heavy atom. The standard InChI is InChI=1S/C20H20ClNO4S/c1-19(2,26-16-7-5-15(21)6-8-16)18(23)22-13-20(24,14-9-10-25-12-14)17-4-3-11-27-17/h3-12,24H,13H2,1-2H3,(H,22,23)/t20-/m0/s1. The van der Waals surface area contributed by atoms with Crippen LogP contribution in [0.15, 0.2) is 64.8 Å². The molecule has 0 aliphatic rings. The van der Waals surface area contributed by atoms with Crippen molar-refractivity contribution in [3.63, 3.8) is 0 Å². The van der Waals surface area contributed by atoms with Gasteiger partial charge in [-0.25, -0.2) is 0 Å². The van der Waals surface area contributed by atoms with Gasteiger partial charge in [0.1, 0.15) is 11.4 Å². The molecule has 5 nitrogen and oxygen atoms in total. The van der Waals surface area contributed by atoms with Crippen molar-refractivity contribution in [3.05, 3.63) is 75.8 Å². The molecule has 3 rings (SSSR count). The Bertz CT molecular complexity index is 839. The van der Waals surface area contributed by atoms with Crippen LogP contribution in [0.1, 0.15) is 24.3 Å². The van der Waals surface area contributed by atoms with Crippen molar-refractivity contribution in [1.82, 2.24) is 5.32 Å². The van der Waals surface area contributed by atoms with Crippen LogP contribution < -0.4 is 10.1 Å². The van der Waals surface area contributed by atoms with Crippen LogP contribution in [-0.2, 0) is 10.4 Å². The van der Waals surface area contributed by atoms with E-state index >= 15 is 0 Å². The van der Waals surface area contributed by atoms with Gasteiger partial charge in [0.15, 0.2) is 5.60 Å². The van der Waals surface area contributed by atoms with Gasteiger partial charge in [0, 0.05) is 15.5 Å². The average molecular weight is 406 g/mol. The van der Waals surface area contributed by atoms with Crippen molar-refractivity contribution in [2.75, 3.05) is 6.54 Å². The van der Waals surface area contributed by atoms with Crippen LogP contribution in [-0.4, -0.2) is 23.2 Å². The Morgan fingerprint density at radius 1 is 1.26 bits per heavy atom. The molecule has 0 radical (unpaired) electrons. The van der Waals surface area contributed by atoms with E-state index in [9.17, 15) is 9.90 Å². The third kappa shape index (κ3) is 4.35. The number of amides is 1. The molecule has 142 valence electrons. The molecule has 3 aromatic rings. The summed E-state index contributed by atoms with van der Waals surface area (Å²) in [6.45, 7) is 3.32. The number of ether oxygens (including phenoxy) is 1. The van der Waals surface area contributed by atoms with E-state index in [1.54, 1.807) is 44.2 Å². The lowest BCUT2D eigenvalue weighted by Gasteiger charge is -2.30. The number of hydrogen-bond donors (Lipinski definition) is 2. The Labute approximate surface area is 166 Å². The molecule has 0 saturated heterocycles. The maximum atomic E-state index is 12.7. The van der Waals surface area contributed by atoms with Crippen LogP contribution in [0.2, 0.25) is 5.02 Å². The van der Waals surface area contributed by atoms with Gasteiger partial charge in [0.25, 0.3) is 5.91 Å².